The largest absolute Gasteiger partial charge is 0.489 e. The van der Waals surface area contributed by atoms with Gasteiger partial charge in [0.15, 0.2) is 5.79 Å². The number of carbonyl (C=O) groups excluding carboxylic acids is 1. The van der Waals surface area contributed by atoms with E-state index in [0.717, 1.165) is 5.56 Å². The number of ether oxygens (including phenoxy) is 3. The van der Waals surface area contributed by atoms with Crippen molar-refractivity contribution in [2.75, 3.05) is 36.5 Å². The molecule has 0 saturated carbocycles. The third-order valence-electron chi connectivity index (χ3n) is 7.38. The number of fused-ring (bicyclic) bond motifs is 1. The SMILES string of the molecule is N#CC1C(=O)Nc2nc(N3CCC4(CC3)OCCO4)[nH]c(=O)c2C1c1ccc(OCc2ccccc2)cc1. The molecule has 3 aromatic rings. The number of piperidine rings is 1. The lowest BCUT2D eigenvalue weighted by atomic mass is 9.79. The Balaban J connectivity index is 1.26. The number of aromatic nitrogens is 2. The first-order valence-electron chi connectivity index (χ1n) is 12.7. The molecular weight excluding hydrogens is 486 g/mol. The van der Waals surface area contributed by atoms with Gasteiger partial charge in [-0.05, 0) is 23.3 Å². The van der Waals surface area contributed by atoms with Crippen LogP contribution in [0.15, 0.2) is 59.4 Å². The maximum absolute atomic E-state index is 13.4. The summed E-state index contributed by atoms with van der Waals surface area (Å²) in [6, 6.07) is 19.0. The molecule has 1 spiro atoms. The second-order valence-electron chi connectivity index (χ2n) is 9.66. The minimum absolute atomic E-state index is 0.184. The number of benzene rings is 2. The molecule has 2 N–H and O–H groups in total. The molecule has 2 aromatic carbocycles. The highest BCUT2D eigenvalue weighted by Crippen LogP contribution is 2.39. The number of anilines is 2. The van der Waals surface area contributed by atoms with Crippen LogP contribution in [0.1, 0.15) is 35.4 Å². The lowest BCUT2D eigenvalue weighted by Crippen LogP contribution is -2.46. The number of carbonyl (C=O) groups is 1. The second kappa shape index (κ2) is 9.93. The fraction of sp³-hybridized carbons (Fsp3) is 0.357. The third-order valence-corrected chi connectivity index (χ3v) is 7.38. The van der Waals surface area contributed by atoms with E-state index < -0.39 is 23.5 Å². The van der Waals surface area contributed by atoms with E-state index in [1.54, 1.807) is 24.3 Å². The van der Waals surface area contributed by atoms with Gasteiger partial charge in [-0.1, -0.05) is 42.5 Å². The van der Waals surface area contributed by atoms with E-state index in [1.807, 2.05) is 35.2 Å². The Bertz CT molecular complexity index is 1420. The summed E-state index contributed by atoms with van der Waals surface area (Å²) in [6.07, 6.45) is 1.30. The van der Waals surface area contributed by atoms with Crippen LogP contribution in [0.25, 0.3) is 0 Å². The van der Waals surface area contributed by atoms with Crippen molar-refractivity contribution in [3.63, 3.8) is 0 Å². The average molecular weight is 514 g/mol. The first-order chi connectivity index (χ1) is 18.5. The zero-order chi connectivity index (χ0) is 26.1. The number of amides is 1. The van der Waals surface area contributed by atoms with Crippen molar-refractivity contribution in [2.24, 2.45) is 5.92 Å². The van der Waals surface area contributed by atoms with E-state index in [2.05, 4.69) is 21.4 Å². The van der Waals surface area contributed by atoms with Gasteiger partial charge in [-0.15, -0.1) is 0 Å². The Kier molecular flexibility index (Phi) is 6.31. The summed E-state index contributed by atoms with van der Waals surface area (Å²) < 4.78 is 17.5. The Hall–Kier alpha value is -4.20. The highest BCUT2D eigenvalue weighted by atomic mass is 16.7. The van der Waals surface area contributed by atoms with E-state index in [-0.39, 0.29) is 16.9 Å². The molecule has 194 valence electrons. The molecule has 1 amide bonds. The summed E-state index contributed by atoms with van der Waals surface area (Å²) in [5, 5.41) is 12.5. The monoisotopic (exact) mass is 513 g/mol. The average Bonchev–Trinajstić information content (AvgIpc) is 3.40. The predicted octanol–water partition coefficient (Wildman–Crippen LogP) is 2.92. The number of nitrogens with one attached hydrogen (secondary N) is 2. The minimum atomic E-state index is -1.07. The van der Waals surface area contributed by atoms with Gasteiger partial charge in [0.25, 0.3) is 5.56 Å². The first-order valence-corrected chi connectivity index (χ1v) is 12.7. The molecule has 4 heterocycles. The van der Waals surface area contributed by atoms with Gasteiger partial charge in [0.05, 0.1) is 24.8 Å². The van der Waals surface area contributed by atoms with E-state index >= 15 is 0 Å². The Morgan fingerprint density at radius 2 is 1.76 bits per heavy atom. The van der Waals surface area contributed by atoms with Crippen molar-refractivity contribution in [3.05, 3.63) is 81.6 Å². The molecule has 3 aliphatic rings. The summed E-state index contributed by atoms with van der Waals surface area (Å²) in [6.45, 7) is 2.76. The van der Waals surface area contributed by atoms with Gasteiger partial charge in [-0.2, -0.15) is 10.2 Å². The summed E-state index contributed by atoms with van der Waals surface area (Å²) in [5.74, 6) is -1.66. The summed E-state index contributed by atoms with van der Waals surface area (Å²) >= 11 is 0. The highest BCUT2D eigenvalue weighted by Gasteiger charge is 2.42. The Morgan fingerprint density at radius 1 is 1.05 bits per heavy atom. The smallest absolute Gasteiger partial charge is 0.258 e. The highest BCUT2D eigenvalue weighted by molar-refractivity contribution is 5.98. The Labute approximate surface area is 219 Å². The molecule has 3 aliphatic heterocycles. The van der Waals surface area contributed by atoms with Crippen molar-refractivity contribution >= 4 is 17.7 Å². The third kappa shape index (κ3) is 4.51. The standard InChI is InChI=1S/C28H27N5O5/c29-16-21-22(19-6-8-20(9-7-19)36-17-18-4-2-1-3-5-18)23-24(30-25(21)34)31-27(32-26(23)35)33-12-10-28(11-13-33)37-14-15-38-28/h1-9,21-22H,10-15,17H2,(H2,30,31,32,34,35). The van der Waals surface area contributed by atoms with Crippen molar-refractivity contribution in [2.45, 2.75) is 31.2 Å². The number of nitrogens with zero attached hydrogens (tertiary/aromatic N) is 3. The number of hydrogen-bond acceptors (Lipinski definition) is 8. The molecule has 2 saturated heterocycles. The van der Waals surface area contributed by atoms with Gasteiger partial charge < -0.3 is 24.4 Å². The fourth-order valence-electron chi connectivity index (χ4n) is 5.37. The van der Waals surface area contributed by atoms with Crippen LogP contribution in [-0.2, 0) is 20.9 Å². The van der Waals surface area contributed by atoms with E-state index in [4.69, 9.17) is 14.2 Å². The fourth-order valence-corrected chi connectivity index (χ4v) is 5.37. The van der Waals surface area contributed by atoms with Gasteiger partial charge in [0, 0.05) is 31.8 Å². The molecular formula is C28H27N5O5. The van der Waals surface area contributed by atoms with E-state index in [9.17, 15) is 14.9 Å². The van der Waals surface area contributed by atoms with Crippen molar-refractivity contribution in [3.8, 4) is 11.8 Å². The zero-order valence-electron chi connectivity index (χ0n) is 20.7. The topological polar surface area (TPSA) is 130 Å². The quantitative estimate of drug-likeness (QED) is 0.533. The Morgan fingerprint density at radius 3 is 2.45 bits per heavy atom. The van der Waals surface area contributed by atoms with Crippen LogP contribution < -0.4 is 20.5 Å². The van der Waals surface area contributed by atoms with Crippen LogP contribution in [0.4, 0.5) is 11.8 Å². The number of rotatable bonds is 5. The van der Waals surface area contributed by atoms with Gasteiger partial charge in [0.1, 0.15) is 24.1 Å². The number of hydrogen-bond donors (Lipinski definition) is 2. The van der Waals surface area contributed by atoms with Crippen LogP contribution in [0.3, 0.4) is 0 Å². The molecule has 2 atom stereocenters. The van der Waals surface area contributed by atoms with Gasteiger partial charge in [0.2, 0.25) is 11.9 Å². The summed E-state index contributed by atoms with van der Waals surface area (Å²) in [7, 11) is 0. The summed E-state index contributed by atoms with van der Waals surface area (Å²) in [5.41, 5.74) is 1.59. The first kappa shape index (κ1) is 24.2. The van der Waals surface area contributed by atoms with Crippen LogP contribution in [0, 0.1) is 17.2 Å². The maximum atomic E-state index is 13.4. The van der Waals surface area contributed by atoms with Crippen LogP contribution in [0.2, 0.25) is 0 Å². The molecule has 0 radical (unpaired) electrons. The molecule has 1 aromatic heterocycles. The molecule has 2 fully saturated rings. The van der Waals surface area contributed by atoms with Crippen molar-refractivity contribution in [1.82, 2.24) is 9.97 Å². The number of H-pyrrole nitrogens is 1. The molecule has 10 heteroatoms. The lowest BCUT2D eigenvalue weighted by molar-refractivity contribution is -0.169. The number of aromatic amines is 1. The normalized spacial score (nSPS) is 22.0. The van der Waals surface area contributed by atoms with E-state index in [1.165, 1.54) is 0 Å². The van der Waals surface area contributed by atoms with Crippen molar-refractivity contribution in [1.29, 1.82) is 5.26 Å². The van der Waals surface area contributed by atoms with Crippen molar-refractivity contribution < 1.29 is 19.0 Å². The van der Waals surface area contributed by atoms with Crippen LogP contribution >= 0.6 is 0 Å². The van der Waals surface area contributed by atoms with Crippen LogP contribution in [0.5, 0.6) is 5.75 Å². The van der Waals surface area contributed by atoms with Gasteiger partial charge in [-0.25, -0.2) is 0 Å². The molecule has 0 bridgehead atoms. The van der Waals surface area contributed by atoms with Gasteiger partial charge >= 0.3 is 0 Å². The minimum Gasteiger partial charge on any atom is -0.489 e. The zero-order valence-corrected chi connectivity index (χ0v) is 20.7. The van der Waals surface area contributed by atoms with Crippen LogP contribution in [-0.4, -0.2) is 48.0 Å². The summed E-state index contributed by atoms with van der Waals surface area (Å²) in [4.78, 5) is 35.8. The molecule has 2 unspecified atom stereocenters. The molecule has 10 nitrogen and oxygen atoms in total. The predicted molar refractivity (Wildman–Crippen MR) is 138 cm³/mol. The number of nitriles is 1. The lowest BCUT2D eigenvalue weighted by Gasteiger charge is -2.38. The van der Waals surface area contributed by atoms with Gasteiger partial charge in [-0.3, -0.25) is 14.6 Å². The molecule has 6 rings (SSSR count). The second-order valence-corrected chi connectivity index (χ2v) is 9.66. The van der Waals surface area contributed by atoms with E-state index in [0.29, 0.717) is 63.0 Å². The molecule has 0 aliphatic carbocycles. The molecule has 38 heavy (non-hydrogen) atoms. The maximum Gasteiger partial charge on any atom is 0.258 e.